The molecular formula is C12H23NO2S. The van der Waals surface area contributed by atoms with Crippen molar-refractivity contribution in [2.45, 2.75) is 62.5 Å². The van der Waals surface area contributed by atoms with Crippen LogP contribution in [0.2, 0.25) is 0 Å². The first-order chi connectivity index (χ1) is 7.33. The second-order valence-electron chi connectivity index (χ2n) is 5.42. The molecule has 3 N–H and O–H groups in total. The normalized spacial score (nSPS) is 28.8. The van der Waals surface area contributed by atoms with Crippen molar-refractivity contribution in [3.05, 3.63) is 0 Å². The highest BCUT2D eigenvalue weighted by Gasteiger charge is 2.35. The number of nitrogens with two attached hydrogens (primary N) is 1. The minimum Gasteiger partial charge on any atom is -0.480 e. The Labute approximate surface area is 102 Å². The molecule has 0 aromatic heterocycles. The molecule has 1 aliphatic carbocycles. The van der Waals surface area contributed by atoms with Crippen LogP contribution in [0, 0.1) is 5.92 Å². The third kappa shape index (κ3) is 3.67. The summed E-state index contributed by atoms with van der Waals surface area (Å²) in [5.74, 6) is -0.0743. The van der Waals surface area contributed by atoms with Crippen LogP contribution in [0.25, 0.3) is 0 Å². The molecule has 3 nitrogen and oxygen atoms in total. The lowest BCUT2D eigenvalue weighted by molar-refractivity contribution is -0.139. The molecule has 1 rings (SSSR count). The zero-order chi connectivity index (χ0) is 12.3. The van der Waals surface area contributed by atoms with E-state index in [9.17, 15) is 4.79 Å². The second-order valence-corrected chi connectivity index (χ2v) is 7.37. The van der Waals surface area contributed by atoms with Gasteiger partial charge in [0.05, 0.1) is 0 Å². The summed E-state index contributed by atoms with van der Waals surface area (Å²) in [7, 11) is 0. The molecule has 1 saturated carbocycles. The van der Waals surface area contributed by atoms with Crippen LogP contribution >= 0.6 is 11.8 Å². The van der Waals surface area contributed by atoms with Crippen LogP contribution in [0.1, 0.15) is 46.5 Å². The summed E-state index contributed by atoms with van der Waals surface area (Å²) >= 11 is 1.76. The van der Waals surface area contributed by atoms with E-state index in [1.165, 1.54) is 25.7 Å². The van der Waals surface area contributed by atoms with Crippen molar-refractivity contribution in [1.29, 1.82) is 0 Å². The quantitative estimate of drug-likeness (QED) is 0.798. The summed E-state index contributed by atoms with van der Waals surface area (Å²) in [5, 5.41) is 9.53. The van der Waals surface area contributed by atoms with E-state index >= 15 is 0 Å². The minimum atomic E-state index is -0.901. The summed E-state index contributed by atoms with van der Waals surface area (Å²) < 4.78 is -0.378. The Balaban J connectivity index is 2.49. The number of carboxylic acids is 1. The maximum atomic E-state index is 10.9. The van der Waals surface area contributed by atoms with Gasteiger partial charge in [-0.15, -0.1) is 0 Å². The van der Waals surface area contributed by atoms with Crippen molar-refractivity contribution >= 4 is 17.7 Å². The highest BCUT2D eigenvalue weighted by atomic mass is 32.2. The van der Waals surface area contributed by atoms with E-state index in [4.69, 9.17) is 10.8 Å². The second kappa shape index (κ2) is 5.41. The Morgan fingerprint density at radius 2 is 1.88 bits per heavy atom. The van der Waals surface area contributed by atoms with Crippen LogP contribution < -0.4 is 5.73 Å². The fourth-order valence-electron chi connectivity index (χ4n) is 2.15. The van der Waals surface area contributed by atoms with E-state index in [-0.39, 0.29) is 4.75 Å². The van der Waals surface area contributed by atoms with Gasteiger partial charge in [-0.2, -0.15) is 11.8 Å². The van der Waals surface area contributed by atoms with Crippen LogP contribution in [0.5, 0.6) is 0 Å². The van der Waals surface area contributed by atoms with Gasteiger partial charge in [0.15, 0.2) is 0 Å². The van der Waals surface area contributed by atoms with E-state index < -0.39 is 12.0 Å². The largest absolute Gasteiger partial charge is 0.480 e. The maximum absolute atomic E-state index is 10.9. The number of carbonyl (C=O) groups is 1. The molecule has 0 aliphatic heterocycles. The highest BCUT2D eigenvalue weighted by molar-refractivity contribution is 8.01. The zero-order valence-corrected chi connectivity index (χ0v) is 11.2. The van der Waals surface area contributed by atoms with Gasteiger partial charge in [0.1, 0.15) is 6.04 Å². The van der Waals surface area contributed by atoms with Gasteiger partial charge in [-0.1, -0.05) is 6.92 Å². The molecule has 0 aromatic carbocycles. The first kappa shape index (κ1) is 13.8. The average molecular weight is 245 g/mol. The molecule has 1 atom stereocenters. The SMILES string of the molecule is CC1CCC(SC(C)(C)[C@H](N)C(=O)O)CC1. The van der Waals surface area contributed by atoms with Crippen molar-refractivity contribution in [3.8, 4) is 0 Å². The van der Waals surface area contributed by atoms with Crippen molar-refractivity contribution < 1.29 is 9.90 Å². The van der Waals surface area contributed by atoms with Crippen molar-refractivity contribution in [2.75, 3.05) is 0 Å². The number of aliphatic carboxylic acids is 1. The lowest BCUT2D eigenvalue weighted by Crippen LogP contribution is -2.47. The number of hydrogen-bond acceptors (Lipinski definition) is 3. The number of thioether (sulfide) groups is 1. The fraction of sp³-hybridized carbons (Fsp3) is 0.917. The standard InChI is InChI=1S/C12H23NO2S/c1-8-4-6-9(7-5-8)16-12(2,3)10(13)11(14)15/h8-10H,4-7,13H2,1-3H3,(H,14,15)/t8?,9?,10-/m1/s1. The molecule has 0 aromatic rings. The molecule has 94 valence electrons. The molecule has 0 radical (unpaired) electrons. The van der Waals surface area contributed by atoms with Crippen LogP contribution in [0.3, 0.4) is 0 Å². The van der Waals surface area contributed by atoms with Crippen LogP contribution in [-0.4, -0.2) is 27.1 Å². The molecule has 1 aliphatic rings. The average Bonchev–Trinajstić information content (AvgIpc) is 2.20. The van der Waals surface area contributed by atoms with Gasteiger partial charge in [-0.25, -0.2) is 0 Å². The predicted molar refractivity (Wildman–Crippen MR) is 68.7 cm³/mol. The number of rotatable bonds is 4. The number of hydrogen-bond donors (Lipinski definition) is 2. The lowest BCUT2D eigenvalue weighted by atomic mass is 9.91. The van der Waals surface area contributed by atoms with E-state index in [0.717, 1.165) is 5.92 Å². The Bertz CT molecular complexity index is 247. The molecule has 1 fully saturated rings. The van der Waals surface area contributed by atoms with E-state index in [0.29, 0.717) is 5.25 Å². The van der Waals surface area contributed by atoms with E-state index in [1.807, 2.05) is 13.8 Å². The van der Waals surface area contributed by atoms with Gasteiger partial charge in [-0.05, 0) is 45.4 Å². The van der Waals surface area contributed by atoms with Gasteiger partial charge >= 0.3 is 5.97 Å². The number of carboxylic acid groups (broad SMARTS) is 1. The monoisotopic (exact) mass is 245 g/mol. The van der Waals surface area contributed by atoms with Crippen LogP contribution in [0.4, 0.5) is 0 Å². The highest BCUT2D eigenvalue weighted by Crippen LogP contribution is 2.39. The van der Waals surface area contributed by atoms with Gasteiger partial charge in [0.25, 0.3) is 0 Å². The molecule has 0 saturated heterocycles. The molecule has 0 spiro atoms. The molecule has 4 heteroatoms. The van der Waals surface area contributed by atoms with Crippen molar-refractivity contribution in [3.63, 3.8) is 0 Å². The van der Waals surface area contributed by atoms with Crippen molar-refractivity contribution in [2.24, 2.45) is 11.7 Å². The van der Waals surface area contributed by atoms with Gasteiger partial charge in [0, 0.05) is 10.00 Å². The summed E-state index contributed by atoms with van der Waals surface area (Å²) in [6.45, 7) is 6.16. The van der Waals surface area contributed by atoms with Gasteiger partial charge < -0.3 is 10.8 Å². The summed E-state index contributed by atoms with van der Waals surface area (Å²) in [4.78, 5) is 10.9. The maximum Gasteiger partial charge on any atom is 0.321 e. The van der Waals surface area contributed by atoms with Crippen molar-refractivity contribution in [1.82, 2.24) is 0 Å². The summed E-state index contributed by atoms with van der Waals surface area (Å²) in [5.41, 5.74) is 5.72. The third-order valence-corrected chi connectivity index (χ3v) is 5.11. The Hall–Kier alpha value is -0.220. The summed E-state index contributed by atoms with van der Waals surface area (Å²) in [6.07, 6.45) is 4.91. The fourth-order valence-corrected chi connectivity index (χ4v) is 3.76. The topological polar surface area (TPSA) is 63.3 Å². The Morgan fingerprint density at radius 1 is 1.38 bits per heavy atom. The predicted octanol–water partition coefficient (Wildman–Crippen LogP) is 2.49. The zero-order valence-electron chi connectivity index (χ0n) is 10.4. The Kier molecular flexibility index (Phi) is 4.68. The smallest absolute Gasteiger partial charge is 0.321 e. The van der Waals surface area contributed by atoms with Gasteiger partial charge in [0.2, 0.25) is 0 Å². The third-order valence-electron chi connectivity index (χ3n) is 3.45. The molecular weight excluding hydrogens is 222 g/mol. The molecule has 0 heterocycles. The Morgan fingerprint density at radius 3 is 2.31 bits per heavy atom. The van der Waals surface area contributed by atoms with E-state index in [1.54, 1.807) is 11.8 Å². The minimum absolute atomic E-state index is 0.378. The van der Waals surface area contributed by atoms with Crippen LogP contribution in [-0.2, 0) is 4.79 Å². The molecule has 0 amide bonds. The first-order valence-corrected chi connectivity index (χ1v) is 6.87. The molecule has 0 bridgehead atoms. The lowest BCUT2D eigenvalue weighted by Gasteiger charge is -2.35. The first-order valence-electron chi connectivity index (χ1n) is 5.99. The van der Waals surface area contributed by atoms with E-state index in [2.05, 4.69) is 6.92 Å². The summed E-state index contributed by atoms with van der Waals surface area (Å²) in [6, 6.07) is -0.781. The van der Waals surface area contributed by atoms with Gasteiger partial charge in [-0.3, -0.25) is 4.79 Å². The van der Waals surface area contributed by atoms with Crippen LogP contribution in [0.15, 0.2) is 0 Å². The molecule has 16 heavy (non-hydrogen) atoms. The molecule has 0 unspecified atom stereocenters.